The Morgan fingerprint density at radius 1 is 1.35 bits per heavy atom. The van der Waals surface area contributed by atoms with E-state index in [9.17, 15) is 19.5 Å². The number of piperidine rings is 1. The van der Waals surface area contributed by atoms with Crippen molar-refractivity contribution < 1.29 is 9.90 Å². The van der Waals surface area contributed by atoms with Gasteiger partial charge in [0.2, 0.25) is 0 Å². The zero-order valence-electron chi connectivity index (χ0n) is 14.4. The number of aryl methyl sites for hydroxylation is 1. The second-order valence-electron chi connectivity index (χ2n) is 6.32. The van der Waals surface area contributed by atoms with Gasteiger partial charge in [0.1, 0.15) is 5.82 Å². The Kier molecular flexibility index (Phi) is 5.06. The fourth-order valence-electron chi connectivity index (χ4n) is 3.13. The van der Waals surface area contributed by atoms with Crippen molar-refractivity contribution in [1.29, 1.82) is 0 Å². The summed E-state index contributed by atoms with van der Waals surface area (Å²) in [4.78, 5) is 39.5. The third-order valence-corrected chi connectivity index (χ3v) is 4.46. The first-order chi connectivity index (χ1) is 12.4. The molecule has 0 radical (unpaired) electrons. The first kappa shape index (κ1) is 17.7. The van der Waals surface area contributed by atoms with Gasteiger partial charge < -0.3 is 15.3 Å². The minimum Gasteiger partial charge on any atom is -0.494 e. The zero-order chi connectivity index (χ0) is 18.7. The Morgan fingerprint density at radius 3 is 2.88 bits per heavy atom. The second-order valence-corrected chi connectivity index (χ2v) is 6.32. The Balaban J connectivity index is 1.72. The lowest BCUT2D eigenvalue weighted by Gasteiger charge is -2.36. The number of hydrogen-bond donors (Lipinski definition) is 3. The highest BCUT2D eigenvalue weighted by molar-refractivity contribution is 5.94. The molecule has 1 atom stereocenters. The van der Waals surface area contributed by atoms with Crippen molar-refractivity contribution in [3.8, 4) is 5.88 Å². The molecule has 9 heteroatoms. The number of anilines is 1. The number of rotatable bonds is 4. The van der Waals surface area contributed by atoms with Gasteiger partial charge in [0.15, 0.2) is 5.88 Å². The van der Waals surface area contributed by atoms with Gasteiger partial charge in [-0.15, -0.1) is 0 Å². The molecule has 3 rings (SSSR count). The van der Waals surface area contributed by atoms with E-state index in [2.05, 4.69) is 20.3 Å². The standard InChI is InChI=1S/C17H21N5O4/c1-21-16(25)6-5-13(20-21)22-7-3-2-4-12(22)10-18-17(26)11-8-14(23)19-15(24)9-11/h5-6,8-9,12H,2-4,7,10H2,1H3,(H,18,26)(H2,19,23,24). The zero-order valence-corrected chi connectivity index (χ0v) is 14.4. The number of aromatic nitrogens is 3. The van der Waals surface area contributed by atoms with Crippen LogP contribution in [-0.4, -0.2) is 44.9 Å². The van der Waals surface area contributed by atoms with Crippen molar-refractivity contribution in [3.05, 3.63) is 50.5 Å². The molecular formula is C17H21N5O4. The van der Waals surface area contributed by atoms with E-state index < -0.39 is 11.5 Å². The Labute approximate surface area is 149 Å². The second kappa shape index (κ2) is 7.42. The topological polar surface area (TPSA) is 120 Å². The number of amides is 1. The van der Waals surface area contributed by atoms with Crippen LogP contribution < -0.4 is 21.3 Å². The van der Waals surface area contributed by atoms with E-state index >= 15 is 0 Å². The molecule has 1 aliphatic rings. The number of aromatic amines is 1. The van der Waals surface area contributed by atoms with Gasteiger partial charge in [-0.2, -0.15) is 5.10 Å². The molecule has 26 heavy (non-hydrogen) atoms. The monoisotopic (exact) mass is 359 g/mol. The molecular weight excluding hydrogens is 338 g/mol. The van der Waals surface area contributed by atoms with Crippen molar-refractivity contribution in [1.82, 2.24) is 20.1 Å². The van der Waals surface area contributed by atoms with Crippen LogP contribution in [0.5, 0.6) is 5.88 Å². The third kappa shape index (κ3) is 3.93. The molecule has 1 amide bonds. The van der Waals surface area contributed by atoms with E-state index in [1.807, 2.05) is 0 Å². The average molecular weight is 359 g/mol. The number of carbonyl (C=O) groups excluding carboxylic acids is 1. The molecule has 2 aromatic rings. The highest BCUT2D eigenvalue weighted by atomic mass is 16.3. The molecule has 2 aromatic heterocycles. The van der Waals surface area contributed by atoms with Crippen molar-refractivity contribution in [2.45, 2.75) is 25.3 Å². The molecule has 0 aliphatic carbocycles. The molecule has 138 valence electrons. The van der Waals surface area contributed by atoms with Crippen LogP contribution in [0.3, 0.4) is 0 Å². The largest absolute Gasteiger partial charge is 0.494 e. The number of nitrogens with zero attached hydrogens (tertiary/aromatic N) is 3. The van der Waals surface area contributed by atoms with Gasteiger partial charge in [-0.25, -0.2) is 4.68 Å². The molecule has 9 nitrogen and oxygen atoms in total. The van der Waals surface area contributed by atoms with Gasteiger partial charge >= 0.3 is 0 Å². The number of pyridine rings is 1. The van der Waals surface area contributed by atoms with Gasteiger partial charge in [-0.1, -0.05) is 0 Å². The van der Waals surface area contributed by atoms with Crippen LogP contribution in [0.15, 0.2) is 33.9 Å². The van der Waals surface area contributed by atoms with E-state index in [0.29, 0.717) is 12.4 Å². The highest BCUT2D eigenvalue weighted by Gasteiger charge is 2.24. The van der Waals surface area contributed by atoms with Gasteiger partial charge in [-0.05, 0) is 25.3 Å². The predicted octanol–water partition coefficient (Wildman–Crippen LogP) is -0.0369. The van der Waals surface area contributed by atoms with Crippen LogP contribution in [-0.2, 0) is 7.05 Å². The van der Waals surface area contributed by atoms with Crippen LogP contribution in [0.25, 0.3) is 0 Å². The lowest BCUT2D eigenvalue weighted by atomic mass is 10.0. The van der Waals surface area contributed by atoms with Crippen LogP contribution in [0.4, 0.5) is 5.82 Å². The summed E-state index contributed by atoms with van der Waals surface area (Å²) in [5.41, 5.74) is -0.609. The van der Waals surface area contributed by atoms with Crippen LogP contribution in [0.2, 0.25) is 0 Å². The Bertz CT molecular complexity index is 920. The van der Waals surface area contributed by atoms with E-state index in [0.717, 1.165) is 31.9 Å². The van der Waals surface area contributed by atoms with E-state index in [-0.39, 0.29) is 23.0 Å². The molecule has 0 bridgehead atoms. The molecule has 0 spiro atoms. The maximum Gasteiger partial charge on any atom is 0.266 e. The minimum atomic E-state index is -0.538. The lowest BCUT2D eigenvalue weighted by Crippen LogP contribution is -2.47. The minimum absolute atomic E-state index is 0.0355. The van der Waals surface area contributed by atoms with Gasteiger partial charge in [-0.3, -0.25) is 19.4 Å². The number of carbonyl (C=O) groups is 1. The van der Waals surface area contributed by atoms with Crippen molar-refractivity contribution in [3.63, 3.8) is 0 Å². The average Bonchev–Trinajstić information content (AvgIpc) is 2.61. The summed E-state index contributed by atoms with van der Waals surface area (Å²) in [6.45, 7) is 1.16. The molecule has 3 heterocycles. The molecule has 1 unspecified atom stereocenters. The van der Waals surface area contributed by atoms with E-state index in [4.69, 9.17) is 0 Å². The van der Waals surface area contributed by atoms with Crippen molar-refractivity contribution >= 4 is 11.7 Å². The van der Waals surface area contributed by atoms with Crippen LogP contribution >= 0.6 is 0 Å². The number of nitrogens with one attached hydrogen (secondary N) is 2. The SMILES string of the molecule is Cn1nc(N2CCCCC2CNC(=O)c2cc(O)[nH]c(=O)c2)ccc1=O. The van der Waals surface area contributed by atoms with Crippen LogP contribution in [0, 0.1) is 0 Å². The maximum absolute atomic E-state index is 12.3. The first-order valence-electron chi connectivity index (χ1n) is 8.46. The lowest BCUT2D eigenvalue weighted by molar-refractivity contribution is 0.0949. The third-order valence-electron chi connectivity index (χ3n) is 4.46. The van der Waals surface area contributed by atoms with Crippen molar-refractivity contribution in [2.24, 2.45) is 7.05 Å². The summed E-state index contributed by atoms with van der Waals surface area (Å²) in [7, 11) is 1.60. The summed E-state index contributed by atoms with van der Waals surface area (Å²) in [6, 6.07) is 5.56. The van der Waals surface area contributed by atoms with Gasteiger partial charge in [0.25, 0.3) is 17.0 Å². The van der Waals surface area contributed by atoms with Gasteiger partial charge in [0, 0.05) is 44.4 Å². The fourth-order valence-corrected chi connectivity index (χ4v) is 3.13. The number of aromatic hydroxyl groups is 1. The smallest absolute Gasteiger partial charge is 0.266 e. The van der Waals surface area contributed by atoms with Crippen LogP contribution in [0.1, 0.15) is 29.6 Å². The summed E-state index contributed by atoms with van der Waals surface area (Å²) in [5, 5.41) is 16.5. The molecule has 3 N–H and O–H groups in total. The Hall–Kier alpha value is -3.10. The summed E-state index contributed by atoms with van der Waals surface area (Å²) < 4.78 is 1.29. The number of hydrogen-bond acceptors (Lipinski definition) is 6. The fraction of sp³-hybridized carbons (Fsp3) is 0.412. The highest BCUT2D eigenvalue weighted by Crippen LogP contribution is 2.22. The normalized spacial score (nSPS) is 17.1. The van der Waals surface area contributed by atoms with E-state index in [1.165, 1.54) is 16.8 Å². The van der Waals surface area contributed by atoms with Crippen molar-refractivity contribution in [2.75, 3.05) is 18.0 Å². The molecule has 1 fully saturated rings. The number of H-pyrrole nitrogens is 1. The van der Waals surface area contributed by atoms with E-state index in [1.54, 1.807) is 13.1 Å². The maximum atomic E-state index is 12.3. The molecule has 0 aromatic carbocycles. The summed E-state index contributed by atoms with van der Waals surface area (Å²) in [5.74, 6) is -0.0819. The quantitative estimate of drug-likeness (QED) is 0.705. The molecule has 0 saturated carbocycles. The Morgan fingerprint density at radius 2 is 2.15 bits per heavy atom. The summed E-state index contributed by atoms with van der Waals surface area (Å²) >= 11 is 0. The summed E-state index contributed by atoms with van der Waals surface area (Å²) in [6.07, 6.45) is 2.93. The van der Waals surface area contributed by atoms with Gasteiger partial charge in [0.05, 0.1) is 5.56 Å². The predicted molar refractivity (Wildman–Crippen MR) is 95.5 cm³/mol. The molecule has 1 aliphatic heterocycles. The first-order valence-corrected chi connectivity index (χ1v) is 8.46. The molecule has 1 saturated heterocycles.